The Kier molecular flexibility index (Phi) is 6.21. The van der Waals surface area contributed by atoms with Crippen LogP contribution < -0.4 is 15.0 Å². The number of halogens is 1. The number of allylic oxidation sites excluding steroid dienone is 1. The zero-order valence-corrected chi connectivity index (χ0v) is 17.4. The highest BCUT2D eigenvalue weighted by Crippen LogP contribution is 2.35. The smallest absolute Gasteiger partial charge is 0.337 e. The van der Waals surface area contributed by atoms with Gasteiger partial charge in [-0.2, -0.15) is 0 Å². The van der Waals surface area contributed by atoms with Crippen LogP contribution in [0.4, 0.5) is 5.69 Å². The Balaban J connectivity index is 2.07. The molecule has 7 heteroatoms. The van der Waals surface area contributed by atoms with Gasteiger partial charge in [-0.25, -0.2) is 4.79 Å². The lowest BCUT2D eigenvalue weighted by molar-refractivity contribution is -0.136. The highest BCUT2D eigenvalue weighted by atomic mass is 35.5. The summed E-state index contributed by atoms with van der Waals surface area (Å²) in [5.74, 6) is 0.349. The fourth-order valence-electron chi connectivity index (χ4n) is 3.22. The van der Waals surface area contributed by atoms with Gasteiger partial charge in [-0.1, -0.05) is 23.7 Å². The van der Waals surface area contributed by atoms with Crippen LogP contribution in [0.5, 0.6) is 5.75 Å². The van der Waals surface area contributed by atoms with E-state index in [-0.39, 0.29) is 0 Å². The van der Waals surface area contributed by atoms with E-state index in [1.807, 2.05) is 61.2 Å². The third-order valence-corrected chi connectivity index (χ3v) is 5.01. The minimum absolute atomic E-state index is 0.423. The summed E-state index contributed by atoms with van der Waals surface area (Å²) in [6.07, 6.45) is 0. The summed E-state index contributed by atoms with van der Waals surface area (Å²) in [6, 6.07) is 14.4. The first-order valence-corrected chi connectivity index (χ1v) is 9.63. The quantitative estimate of drug-likeness (QED) is 0.567. The largest absolute Gasteiger partial charge is 0.494 e. The summed E-state index contributed by atoms with van der Waals surface area (Å²) in [5.41, 5.74) is 2.84. The number of anilines is 1. The Morgan fingerprint density at radius 1 is 1.25 bits per heavy atom. The van der Waals surface area contributed by atoms with Crippen molar-refractivity contribution in [2.45, 2.75) is 19.9 Å². The summed E-state index contributed by atoms with van der Waals surface area (Å²) in [7, 11) is 1.37. The lowest BCUT2D eigenvalue weighted by atomic mass is 9.95. The van der Waals surface area contributed by atoms with Crippen LogP contribution >= 0.6 is 23.8 Å². The van der Waals surface area contributed by atoms with E-state index in [2.05, 4.69) is 5.32 Å². The molecule has 0 aliphatic carbocycles. The lowest BCUT2D eigenvalue weighted by Gasteiger charge is -2.37. The van der Waals surface area contributed by atoms with Crippen LogP contribution in [0, 0.1) is 0 Å². The molecule has 0 saturated carbocycles. The summed E-state index contributed by atoms with van der Waals surface area (Å²) in [5, 5.41) is 4.32. The molecule has 1 aliphatic heterocycles. The average molecular weight is 417 g/mol. The first-order chi connectivity index (χ1) is 13.5. The van der Waals surface area contributed by atoms with Gasteiger partial charge in [-0.05, 0) is 68.0 Å². The van der Waals surface area contributed by atoms with Crippen molar-refractivity contribution >= 4 is 40.6 Å². The fraction of sp³-hybridized carbons (Fsp3) is 0.238. The van der Waals surface area contributed by atoms with Gasteiger partial charge < -0.3 is 14.8 Å². The molecule has 0 unspecified atom stereocenters. The van der Waals surface area contributed by atoms with Crippen LogP contribution in [-0.4, -0.2) is 24.8 Å². The molecule has 1 aliphatic rings. The van der Waals surface area contributed by atoms with E-state index < -0.39 is 12.0 Å². The van der Waals surface area contributed by atoms with Crippen LogP contribution in [0.2, 0.25) is 5.02 Å². The van der Waals surface area contributed by atoms with Crippen molar-refractivity contribution in [3.63, 3.8) is 0 Å². The maximum absolute atomic E-state index is 12.6. The van der Waals surface area contributed by atoms with Crippen molar-refractivity contribution in [1.29, 1.82) is 0 Å². The number of thiocarbonyl (C=S) groups is 1. The van der Waals surface area contributed by atoms with Crippen molar-refractivity contribution < 1.29 is 14.3 Å². The van der Waals surface area contributed by atoms with Gasteiger partial charge in [0, 0.05) is 16.4 Å². The van der Waals surface area contributed by atoms with E-state index in [0.717, 1.165) is 17.0 Å². The Bertz CT molecular complexity index is 928. The van der Waals surface area contributed by atoms with E-state index in [4.69, 9.17) is 33.3 Å². The molecule has 2 aromatic rings. The van der Waals surface area contributed by atoms with Crippen molar-refractivity contribution in [2.24, 2.45) is 0 Å². The monoisotopic (exact) mass is 416 g/mol. The second-order valence-electron chi connectivity index (χ2n) is 6.19. The molecule has 0 amide bonds. The number of carbonyl (C=O) groups excluding carboxylic acids is 1. The molecule has 1 atom stereocenters. The van der Waals surface area contributed by atoms with Crippen LogP contribution in [-0.2, 0) is 9.53 Å². The summed E-state index contributed by atoms with van der Waals surface area (Å²) < 4.78 is 10.6. The third-order valence-electron chi connectivity index (χ3n) is 4.48. The molecule has 0 fully saturated rings. The van der Waals surface area contributed by atoms with E-state index >= 15 is 0 Å². The Hall–Kier alpha value is -2.57. The van der Waals surface area contributed by atoms with Gasteiger partial charge in [0.15, 0.2) is 5.11 Å². The Morgan fingerprint density at radius 3 is 2.57 bits per heavy atom. The minimum Gasteiger partial charge on any atom is -0.494 e. The molecule has 2 aromatic carbocycles. The number of carbonyl (C=O) groups is 1. The van der Waals surface area contributed by atoms with Gasteiger partial charge in [0.05, 0.1) is 25.3 Å². The number of nitrogens with one attached hydrogen (secondary N) is 1. The molecule has 146 valence electrons. The summed E-state index contributed by atoms with van der Waals surface area (Å²) in [6.45, 7) is 4.38. The highest BCUT2D eigenvalue weighted by molar-refractivity contribution is 7.80. The third kappa shape index (κ3) is 3.98. The van der Waals surface area contributed by atoms with Crippen LogP contribution in [0.15, 0.2) is 59.8 Å². The second-order valence-corrected chi connectivity index (χ2v) is 7.01. The molecule has 0 saturated heterocycles. The van der Waals surface area contributed by atoms with Crippen molar-refractivity contribution in [3.8, 4) is 5.75 Å². The van der Waals surface area contributed by atoms with E-state index in [0.29, 0.717) is 28.0 Å². The van der Waals surface area contributed by atoms with Gasteiger partial charge >= 0.3 is 5.97 Å². The molecule has 1 N–H and O–H groups in total. The van der Waals surface area contributed by atoms with Crippen molar-refractivity contribution in [3.05, 3.63) is 70.4 Å². The number of nitrogens with zero attached hydrogens (tertiary/aromatic N) is 1. The summed E-state index contributed by atoms with van der Waals surface area (Å²) in [4.78, 5) is 14.4. The first-order valence-electron chi connectivity index (χ1n) is 8.84. The van der Waals surface area contributed by atoms with E-state index in [1.54, 1.807) is 6.07 Å². The molecule has 0 spiro atoms. The van der Waals surface area contributed by atoms with Crippen LogP contribution in [0.25, 0.3) is 0 Å². The standard InChI is InChI=1S/C21H21ClN2O3S/c1-4-27-17-10-8-16(9-11-17)24-13(2)18(20(25)26-3)19(23-21(24)28)14-6-5-7-15(22)12-14/h5-12,19H,4H2,1-3H3,(H,23,28)/t19-/m0/s1. The predicted octanol–water partition coefficient (Wildman–Crippen LogP) is 4.62. The molecule has 3 rings (SSSR count). The number of hydrogen-bond acceptors (Lipinski definition) is 4. The van der Waals surface area contributed by atoms with Crippen molar-refractivity contribution in [2.75, 3.05) is 18.6 Å². The number of rotatable bonds is 5. The van der Waals surface area contributed by atoms with Crippen LogP contribution in [0.1, 0.15) is 25.5 Å². The normalized spacial score (nSPS) is 16.6. The van der Waals surface area contributed by atoms with E-state index in [1.165, 1.54) is 7.11 Å². The highest BCUT2D eigenvalue weighted by Gasteiger charge is 2.35. The second kappa shape index (κ2) is 8.63. The van der Waals surface area contributed by atoms with Crippen LogP contribution in [0.3, 0.4) is 0 Å². The van der Waals surface area contributed by atoms with E-state index in [9.17, 15) is 4.79 Å². The Morgan fingerprint density at radius 2 is 1.96 bits per heavy atom. The average Bonchev–Trinajstić information content (AvgIpc) is 2.68. The van der Waals surface area contributed by atoms with Crippen molar-refractivity contribution in [1.82, 2.24) is 5.32 Å². The number of esters is 1. The van der Waals surface area contributed by atoms with Gasteiger partial charge in [0.25, 0.3) is 0 Å². The first kappa shape index (κ1) is 20.2. The van der Waals surface area contributed by atoms with Gasteiger partial charge in [-0.3, -0.25) is 4.90 Å². The number of ether oxygens (including phenoxy) is 2. The number of methoxy groups -OCH3 is 1. The molecular weight excluding hydrogens is 396 g/mol. The maximum atomic E-state index is 12.6. The predicted molar refractivity (Wildman–Crippen MR) is 115 cm³/mol. The fourth-order valence-corrected chi connectivity index (χ4v) is 3.78. The maximum Gasteiger partial charge on any atom is 0.337 e. The minimum atomic E-state index is -0.447. The topological polar surface area (TPSA) is 50.8 Å². The molecule has 0 aromatic heterocycles. The van der Waals surface area contributed by atoms with Gasteiger partial charge in [0.1, 0.15) is 5.75 Å². The molecule has 0 radical (unpaired) electrons. The van der Waals surface area contributed by atoms with Gasteiger partial charge in [0.2, 0.25) is 0 Å². The summed E-state index contributed by atoms with van der Waals surface area (Å²) >= 11 is 11.8. The SMILES string of the molecule is CCOc1ccc(N2C(=S)N[C@@H](c3cccc(Cl)c3)C(C(=O)OC)=C2C)cc1. The molecule has 0 bridgehead atoms. The number of hydrogen-bond donors (Lipinski definition) is 1. The molecule has 28 heavy (non-hydrogen) atoms. The zero-order chi connectivity index (χ0) is 20.3. The van der Waals surface area contributed by atoms with Gasteiger partial charge in [-0.15, -0.1) is 0 Å². The Labute approximate surface area is 174 Å². The zero-order valence-electron chi connectivity index (χ0n) is 15.9. The molecule has 5 nitrogen and oxygen atoms in total. The lowest BCUT2D eigenvalue weighted by Crippen LogP contribution is -2.48. The molecular formula is C21H21ClN2O3S. The molecule has 1 heterocycles. The number of benzene rings is 2.